The molecule has 26 heavy (non-hydrogen) atoms. The van der Waals surface area contributed by atoms with Crippen LogP contribution >= 0.6 is 0 Å². The Morgan fingerprint density at radius 1 is 1.00 bits per heavy atom. The number of carboxylic acid groups (broad SMARTS) is 2. The lowest BCUT2D eigenvalue weighted by Crippen LogP contribution is -2.48. The number of aliphatic carboxylic acids is 2. The van der Waals surface area contributed by atoms with E-state index < -0.39 is 24.0 Å². The molecule has 6 nitrogen and oxygen atoms in total. The van der Waals surface area contributed by atoms with E-state index in [9.17, 15) is 19.8 Å². The largest absolute Gasteiger partial charge is 0.480 e. The van der Waals surface area contributed by atoms with Crippen molar-refractivity contribution in [3.8, 4) is 11.1 Å². The average molecular weight is 356 g/mol. The average Bonchev–Trinajstić information content (AvgIpc) is 2.61. The fraction of sp³-hybridized carbons (Fsp3) is 0.350. The molecule has 0 bridgehead atoms. The Bertz CT molecular complexity index is 729. The monoisotopic (exact) mass is 356 g/mol. The van der Waals surface area contributed by atoms with E-state index in [-0.39, 0.29) is 12.3 Å². The van der Waals surface area contributed by atoms with Crippen LogP contribution in [0.4, 0.5) is 0 Å². The third kappa shape index (κ3) is 5.67. The maximum Gasteiger partial charge on any atom is 0.321 e. The molecular formula is C20H24N2O4. The zero-order valence-electron chi connectivity index (χ0n) is 14.9. The van der Waals surface area contributed by atoms with Crippen molar-refractivity contribution in [1.29, 1.82) is 0 Å². The second-order valence-corrected chi connectivity index (χ2v) is 6.72. The third-order valence-corrected chi connectivity index (χ3v) is 4.09. The zero-order chi connectivity index (χ0) is 19.1. The Kier molecular flexibility index (Phi) is 6.86. The van der Waals surface area contributed by atoms with Gasteiger partial charge in [-0.1, -0.05) is 44.2 Å². The highest BCUT2D eigenvalue weighted by atomic mass is 16.4. The topological polar surface area (TPSA) is 99.5 Å². The molecule has 0 aliphatic heterocycles. The second-order valence-electron chi connectivity index (χ2n) is 6.72. The van der Waals surface area contributed by atoms with Crippen molar-refractivity contribution in [1.82, 2.24) is 10.3 Å². The summed E-state index contributed by atoms with van der Waals surface area (Å²) in [5.74, 6) is -1.94. The van der Waals surface area contributed by atoms with Crippen LogP contribution in [0.25, 0.3) is 11.1 Å². The van der Waals surface area contributed by atoms with Crippen molar-refractivity contribution in [2.24, 2.45) is 5.92 Å². The molecule has 0 spiro atoms. The number of aromatic nitrogens is 1. The Morgan fingerprint density at radius 2 is 1.65 bits per heavy atom. The molecule has 0 fully saturated rings. The molecule has 0 amide bonds. The van der Waals surface area contributed by atoms with Crippen molar-refractivity contribution in [2.45, 2.75) is 38.8 Å². The first-order chi connectivity index (χ1) is 12.4. The molecule has 0 saturated heterocycles. The predicted octanol–water partition coefficient (Wildman–Crippen LogP) is 2.83. The van der Waals surface area contributed by atoms with E-state index in [0.29, 0.717) is 6.42 Å². The van der Waals surface area contributed by atoms with Crippen molar-refractivity contribution in [2.75, 3.05) is 0 Å². The van der Waals surface area contributed by atoms with Gasteiger partial charge in [-0.15, -0.1) is 0 Å². The first kappa shape index (κ1) is 19.6. The molecule has 1 heterocycles. The molecule has 0 saturated carbocycles. The van der Waals surface area contributed by atoms with Gasteiger partial charge < -0.3 is 10.2 Å². The van der Waals surface area contributed by atoms with Gasteiger partial charge in [0.25, 0.3) is 0 Å². The van der Waals surface area contributed by atoms with Crippen molar-refractivity contribution < 1.29 is 19.8 Å². The number of benzene rings is 1. The molecule has 138 valence electrons. The predicted molar refractivity (Wildman–Crippen MR) is 98.8 cm³/mol. The summed E-state index contributed by atoms with van der Waals surface area (Å²) < 4.78 is 0. The molecule has 0 aliphatic rings. The second kappa shape index (κ2) is 9.10. The molecule has 2 aromatic rings. The Balaban J connectivity index is 2.09. The van der Waals surface area contributed by atoms with Crippen molar-refractivity contribution >= 4 is 11.9 Å². The van der Waals surface area contributed by atoms with Gasteiger partial charge in [0.1, 0.15) is 12.1 Å². The van der Waals surface area contributed by atoms with Crippen LogP contribution in [0.5, 0.6) is 0 Å². The molecule has 0 unspecified atom stereocenters. The lowest BCUT2D eigenvalue weighted by atomic mass is 9.99. The van der Waals surface area contributed by atoms with Crippen molar-refractivity contribution in [3.05, 3.63) is 54.4 Å². The summed E-state index contributed by atoms with van der Waals surface area (Å²) in [6.07, 6.45) is 4.06. The molecule has 0 aliphatic carbocycles. The molecule has 0 radical (unpaired) electrons. The van der Waals surface area contributed by atoms with E-state index in [1.165, 1.54) is 0 Å². The first-order valence-corrected chi connectivity index (χ1v) is 8.57. The van der Waals surface area contributed by atoms with Crippen LogP contribution in [0, 0.1) is 5.92 Å². The van der Waals surface area contributed by atoms with Crippen LogP contribution in [0.15, 0.2) is 48.8 Å². The molecular weight excluding hydrogens is 332 g/mol. The third-order valence-electron chi connectivity index (χ3n) is 4.09. The lowest BCUT2D eigenvalue weighted by Gasteiger charge is -2.21. The minimum Gasteiger partial charge on any atom is -0.480 e. The lowest BCUT2D eigenvalue weighted by molar-refractivity contribution is -0.142. The number of hydrogen-bond donors (Lipinski definition) is 3. The van der Waals surface area contributed by atoms with Gasteiger partial charge in [0, 0.05) is 12.4 Å². The highest BCUT2D eigenvalue weighted by Crippen LogP contribution is 2.19. The van der Waals surface area contributed by atoms with Gasteiger partial charge in [-0.3, -0.25) is 19.9 Å². The summed E-state index contributed by atoms with van der Waals surface area (Å²) in [6, 6.07) is 9.50. The fourth-order valence-electron chi connectivity index (χ4n) is 2.77. The maximum absolute atomic E-state index is 11.6. The molecule has 3 N–H and O–H groups in total. The van der Waals surface area contributed by atoms with E-state index in [4.69, 9.17) is 0 Å². The molecule has 1 aromatic heterocycles. The zero-order valence-corrected chi connectivity index (χ0v) is 14.9. The van der Waals surface area contributed by atoms with Crippen LogP contribution in [0.2, 0.25) is 0 Å². The van der Waals surface area contributed by atoms with Gasteiger partial charge in [-0.2, -0.15) is 0 Å². The van der Waals surface area contributed by atoms with Crippen LogP contribution in [0.1, 0.15) is 25.8 Å². The highest BCUT2D eigenvalue weighted by Gasteiger charge is 2.26. The molecule has 2 rings (SSSR count). The van der Waals surface area contributed by atoms with Crippen LogP contribution in [-0.4, -0.2) is 39.2 Å². The summed E-state index contributed by atoms with van der Waals surface area (Å²) in [6.45, 7) is 3.81. The smallest absolute Gasteiger partial charge is 0.321 e. The number of pyridine rings is 1. The van der Waals surface area contributed by atoms with Crippen LogP contribution in [0.3, 0.4) is 0 Å². The SMILES string of the molecule is CC(C)C[C@H](N[C@@H](Cc1ccc(-c2cccnc2)cc1)C(=O)O)C(=O)O. The molecule has 1 aromatic carbocycles. The van der Waals surface area contributed by atoms with Gasteiger partial charge in [-0.05, 0) is 41.5 Å². The number of rotatable bonds is 9. The summed E-state index contributed by atoms with van der Waals surface area (Å²) in [7, 11) is 0. The summed E-state index contributed by atoms with van der Waals surface area (Å²) in [5, 5.41) is 21.6. The van der Waals surface area contributed by atoms with Gasteiger partial charge in [0.2, 0.25) is 0 Å². The van der Waals surface area contributed by atoms with E-state index >= 15 is 0 Å². The number of nitrogens with zero attached hydrogens (tertiary/aromatic N) is 1. The fourth-order valence-corrected chi connectivity index (χ4v) is 2.77. The Hall–Kier alpha value is -2.73. The number of carboxylic acids is 2. The first-order valence-electron chi connectivity index (χ1n) is 8.57. The Morgan fingerprint density at radius 3 is 2.15 bits per heavy atom. The summed E-state index contributed by atoms with van der Waals surface area (Å²) in [4.78, 5) is 27.0. The molecule has 2 atom stereocenters. The summed E-state index contributed by atoms with van der Waals surface area (Å²) in [5.41, 5.74) is 2.80. The van der Waals surface area contributed by atoms with E-state index in [1.54, 1.807) is 12.4 Å². The van der Waals surface area contributed by atoms with E-state index in [0.717, 1.165) is 16.7 Å². The maximum atomic E-state index is 11.6. The van der Waals surface area contributed by atoms with Crippen LogP contribution < -0.4 is 5.32 Å². The minimum atomic E-state index is -1.06. The Labute approximate surface area is 152 Å². The van der Waals surface area contributed by atoms with E-state index in [1.807, 2.05) is 50.2 Å². The van der Waals surface area contributed by atoms with Gasteiger partial charge in [0.05, 0.1) is 0 Å². The van der Waals surface area contributed by atoms with Gasteiger partial charge >= 0.3 is 11.9 Å². The standard InChI is InChI=1S/C20H24N2O4/c1-13(2)10-17(19(23)24)22-18(20(25)26)11-14-5-7-15(8-6-14)16-4-3-9-21-12-16/h3-9,12-13,17-18,22H,10-11H2,1-2H3,(H,23,24)(H,25,26)/t17-,18-/m0/s1. The number of hydrogen-bond acceptors (Lipinski definition) is 4. The normalized spacial score (nSPS) is 13.3. The van der Waals surface area contributed by atoms with E-state index in [2.05, 4.69) is 10.3 Å². The van der Waals surface area contributed by atoms with Gasteiger partial charge in [0.15, 0.2) is 0 Å². The molecule has 6 heteroatoms. The minimum absolute atomic E-state index is 0.150. The quantitative estimate of drug-likeness (QED) is 0.639. The highest BCUT2D eigenvalue weighted by molar-refractivity contribution is 5.77. The number of carbonyl (C=O) groups is 2. The van der Waals surface area contributed by atoms with Crippen LogP contribution in [-0.2, 0) is 16.0 Å². The summed E-state index contributed by atoms with van der Waals surface area (Å²) >= 11 is 0. The number of nitrogens with one attached hydrogen (secondary N) is 1. The van der Waals surface area contributed by atoms with Crippen molar-refractivity contribution in [3.63, 3.8) is 0 Å². The van der Waals surface area contributed by atoms with Gasteiger partial charge in [-0.25, -0.2) is 0 Å².